The Morgan fingerprint density at radius 3 is 2.46 bits per heavy atom. The summed E-state index contributed by atoms with van der Waals surface area (Å²) in [6.07, 6.45) is -3.92. The smallest absolute Gasteiger partial charge is 0.387 e. The van der Waals surface area contributed by atoms with Crippen LogP contribution in [0.15, 0.2) is 72.9 Å². The van der Waals surface area contributed by atoms with Crippen LogP contribution in [0.25, 0.3) is 33.3 Å². The van der Waals surface area contributed by atoms with Crippen LogP contribution in [0.5, 0.6) is 0 Å². The zero-order valence-electron chi connectivity index (χ0n) is 19.8. The topological polar surface area (TPSA) is 95.8 Å². The lowest BCUT2D eigenvalue weighted by Crippen LogP contribution is -2.15. The molecule has 37 heavy (non-hydrogen) atoms. The van der Waals surface area contributed by atoms with Gasteiger partial charge in [-0.15, -0.1) is 0 Å². The molecular formula is C27H22F3N5O2. The van der Waals surface area contributed by atoms with Crippen LogP contribution in [0.3, 0.4) is 0 Å². The molecule has 1 unspecified atom stereocenters. The number of aliphatic hydroxyl groups excluding tert-OH is 1. The van der Waals surface area contributed by atoms with E-state index in [-0.39, 0.29) is 16.8 Å². The number of nitrogens with zero attached hydrogens (tertiary/aromatic N) is 3. The molecule has 188 valence electrons. The van der Waals surface area contributed by atoms with E-state index in [0.717, 1.165) is 17.7 Å². The van der Waals surface area contributed by atoms with Gasteiger partial charge in [0.15, 0.2) is 0 Å². The third-order valence-electron chi connectivity index (χ3n) is 6.07. The molecule has 10 heteroatoms. The van der Waals surface area contributed by atoms with Gasteiger partial charge in [-0.1, -0.05) is 42.5 Å². The summed E-state index contributed by atoms with van der Waals surface area (Å²) in [5.41, 5.74) is 1.80. The Bertz CT molecular complexity index is 1600. The minimum absolute atomic E-state index is 0.0240. The van der Waals surface area contributed by atoms with Crippen molar-refractivity contribution in [3.63, 3.8) is 0 Å². The number of rotatable bonds is 5. The molecule has 0 radical (unpaired) electrons. The van der Waals surface area contributed by atoms with Crippen molar-refractivity contribution in [1.29, 1.82) is 0 Å². The van der Waals surface area contributed by atoms with Gasteiger partial charge in [0.2, 0.25) is 0 Å². The number of aliphatic hydroxyl groups is 1. The molecule has 5 aromatic rings. The van der Waals surface area contributed by atoms with E-state index in [2.05, 4.69) is 20.6 Å². The molecule has 0 spiro atoms. The van der Waals surface area contributed by atoms with Crippen LogP contribution >= 0.6 is 0 Å². The molecule has 0 aliphatic heterocycles. The van der Waals surface area contributed by atoms with Crippen LogP contribution in [0.4, 0.5) is 18.9 Å². The Morgan fingerprint density at radius 2 is 1.81 bits per heavy atom. The number of aromatic nitrogens is 4. The number of hydrogen-bond acceptors (Lipinski definition) is 4. The molecular weight excluding hydrogens is 483 g/mol. The largest absolute Gasteiger partial charge is 0.417 e. The van der Waals surface area contributed by atoms with E-state index < -0.39 is 23.8 Å². The number of hydrogen-bond donors (Lipinski definition) is 3. The number of amides is 1. The highest BCUT2D eigenvalue weighted by Crippen LogP contribution is 2.39. The number of alkyl halides is 3. The minimum atomic E-state index is -4.62. The quantitative estimate of drug-likeness (QED) is 0.275. The molecule has 0 aliphatic rings. The fourth-order valence-corrected chi connectivity index (χ4v) is 4.29. The average molecular weight is 506 g/mol. The maximum absolute atomic E-state index is 13.7. The second-order valence-corrected chi connectivity index (χ2v) is 8.65. The van der Waals surface area contributed by atoms with Gasteiger partial charge in [-0.25, -0.2) is 0 Å². The zero-order valence-corrected chi connectivity index (χ0v) is 19.8. The molecule has 2 heterocycles. The maximum Gasteiger partial charge on any atom is 0.417 e. The second-order valence-electron chi connectivity index (χ2n) is 8.65. The summed E-state index contributed by atoms with van der Waals surface area (Å²) in [4.78, 5) is 13.4. The van der Waals surface area contributed by atoms with Crippen LogP contribution in [0.2, 0.25) is 0 Å². The number of fused-ring (bicyclic) bond motifs is 1. The first kappa shape index (κ1) is 24.3. The normalized spacial score (nSPS) is 12.6. The van der Waals surface area contributed by atoms with Crippen molar-refractivity contribution in [2.75, 3.05) is 5.32 Å². The van der Waals surface area contributed by atoms with E-state index in [9.17, 15) is 23.1 Å². The number of benzene rings is 3. The molecule has 3 aromatic carbocycles. The van der Waals surface area contributed by atoms with Gasteiger partial charge < -0.3 is 10.4 Å². The van der Waals surface area contributed by atoms with Gasteiger partial charge >= 0.3 is 6.18 Å². The Labute approximate surface area is 209 Å². The first-order valence-corrected chi connectivity index (χ1v) is 11.4. The maximum atomic E-state index is 13.7. The number of anilines is 1. The van der Waals surface area contributed by atoms with Gasteiger partial charge in [0.1, 0.15) is 5.52 Å². The van der Waals surface area contributed by atoms with Gasteiger partial charge in [0, 0.05) is 35.3 Å². The summed E-state index contributed by atoms with van der Waals surface area (Å²) in [6, 6.07) is 17.6. The number of nitrogens with one attached hydrogen (secondary N) is 2. The Morgan fingerprint density at radius 1 is 1.05 bits per heavy atom. The van der Waals surface area contributed by atoms with Crippen molar-refractivity contribution in [3.8, 4) is 22.4 Å². The van der Waals surface area contributed by atoms with Gasteiger partial charge in [0.25, 0.3) is 5.91 Å². The number of halogens is 3. The summed E-state index contributed by atoms with van der Waals surface area (Å²) >= 11 is 0. The second kappa shape index (κ2) is 9.21. The first-order valence-electron chi connectivity index (χ1n) is 11.4. The molecule has 1 amide bonds. The van der Waals surface area contributed by atoms with Crippen molar-refractivity contribution in [3.05, 3.63) is 89.7 Å². The van der Waals surface area contributed by atoms with Crippen LogP contribution < -0.4 is 5.32 Å². The summed E-state index contributed by atoms with van der Waals surface area (Å²) in [5.74, 6) is -0.614. The van der Waals surface area contributed by atoms with E-state index in [4.69, 9.17) is 0 Å². The van der Waals surface area contributed by atoms with Crippen molar-refractivity contribution in [1.82, 2.24) is 20.0 Å². The van der Waals surface area contributed by atoms with Crippen LogP contribution in [-0.4, -0.2) is 31.0 Å². The predicted octanol–water partition coefficient (Wildman–Crippen LogP) is 5.95. The Balaban J connectivity index is 1.62. The average Bonchev–Trinajstić information content (AvgIpc) is 3.50. The van der Waals surface area contributed by atoms with Gasteiger partial charge in [-0.05, 0) is 36.8 Å². The summed E-state index contributed by atoms with van der Waals surface area (Å²) < 4.78 is 42.6. The summed E-state index contributed by atoms with van der Waals surface area (Å²) in [6.45, 7) is 1.59. The van der Waals surface area contributed by atoms with E-state index in [1.807, 2.05) is 30.3 Å². The fourth-order valence-electron chi connectivity index (χ4n) is 4.29. The lowest BCUT2D eigenvalue weighted by atomic mass is 9.98. The molecule has 3 N–H and O–H groups in total. The molecule has 0 fully saturated rings. The molecule has 2 aromatic heterocycles. The third-order valence-corrected chi connectivity index (χ3v) is 6.07. The third kappa shape index (κ3) is 4.58. The molecule has 0 saturated heterocycles. The molecule has 0 bridgehead atoms. The Kier molecular flexibility index (Phi) is 6.04. The van der Waals surface area contributed by atoms with Crippen molar-refractivity contribution in [2.45, 2.75) is 19.2 Å². The van der Waals surface area contributed by atoms with E-state index in [1.54, 1.807) is 26.1 Å². The summed E-state index contributed by atoms with van der Waals surface area (Å²) in [5, 5.41) is 24.8. The lowest BCUT2D eigenvalue weighted by molar-refractivity contribution is -0.137. The number of carbonyl (C=O) groups excluding carboxylic acids is 1. The molecule has 7 nitrogen and oxygen atoms in total. The van der Waals surface area contributed by atoms with E-state index in [0.29, 0.717) is 27.8 Å². The summed E-state index contributed by atoms with van der Waals surface area (Å²) in [7, 11) is 1.60. The van der Waals surface area contributed by atoms with Crippen molar-refractivity contribution >= 4 is 22.5 Å². The minimum Gasteiger partial charge on any atom is -0.387 e. The van der Waals surface area contributed by atoms with Gasteiger partial charge in [-0.3, -0.25) is 14.6 Å². The van der Waals surface area contributed by atoms with Crippen LogP contribution in [-0.2, 0) is 13.2 Å². The molecule has 0 aliphatic carbocycles. The number of carbonyl (C=O) groups is 1. The monoisotopic (exact) mass is 505 g/mol. The highest BCUT2D eigenvalue weighted by atomic mass is 19.4. The molecule has 0 saturated carbocycles. The number of aryl methyl sites for hydroxylation is 1. The molecule has 1 atom stereocenters. The first-order chi connectivity index (χ1) is 17.6. The predicted molar refractivity (Wildman–Crippen MR) is 134 cm³/mol. The highest BCUT2D eigenvalue weighted by molar-refractivity contribution is 6.12. The fraction of sp³-hybridized carbons (Fsp3) is 0.148. The Hall–Kier alpha value is -4.44. The lowest BCUT2D eigenvalue weighted by Gasteiger charge is -2.15. The van der Waals surface area contributed by atoms with Crippen LogP contribution in [0, 0.1) is 0 Å². The van der Waals surface area contributed by atoms with Gasteiger partial charge in [0.05, 0.1) is 28.7 Å². The molecule has 5 rings (SSSR count). The number of aromatic amines is 1. The highest BCUT2D eigenvalue weighted by Gasteiger charge is 2.34. The van der Waals surface area contributed by atoms with Crippen molar-refractivity contribution in [2.24, 2.45) is 7.05 Å². The van der Waals surface area contributed by atoms with Crippen LogP contribution in [0.1, 0.15) is 34.6 Å². The zero-order chi connectivity index (χ0) is 26.3. The van der Waals surface area contributed by atoms with E-state index >= 15 is 0 Å². The standard InChI is InChI=1S/C27H22F3N5O2/c1-15(36)23-19-10-9-18(16-6-4-3-5-7-16)24(25(19)33-32-23)31-26(37)17-8-11-21(27(28,29)30)20(14-17)22-12-13-35(2)34-22/h3-15,36H,1-2H3,(H,31,37)(H,32,33). The van der Waals surface area contributed by atoms with E-state index in [1.165, 1.54) is 23.0 Å². The van der Waals surface area contributed by atoms with Crippen molar-refractivity contribution < 1.29 is 23.1 Å². The number of H-pyrrole nitrogens is 1. The SMILES string of the molecule is CC(O)c1[nH]nc2c(NC(=O)c3ccc(C(F)(F)F)c(-c4ccn(C)n4)c3)c(-c3ccccc3)ccc12. The van der Waals surface area contributed by atoms with Gasteiger partial charge in [-0.2, -0.15) is 23.4 Å².